The number of nitrogens with one attached hydrogen (secondary N) is 2. The van der Waals surface area contributed by atoms with E-state index in [9.17, 15) is 14.9 Å². The maximum atomic E-state index is 13.3. The molecule has 46 heavy (non-hydrogen) atoms. The molecule has 0 bridgehead atoms. The Balaban J connectivity index is 1.44. The zero-order valence-electron chi connectivity index (χ0n) is 24.8. The molecule has 0 aliphatic rings. The summed E-state index contributed by atoms with van der Waals surface area (Å²) in [7, 11) is 1.50. The fourth-order valence-corrected chi connectivity index (χ4v) is 5.30. The van der Waals surface area contributed by atoms with Gasteiger partial charge in [-0.05, 0) is 70.4 Å². The van der Waals surface area contributed by atoms with E-state index in [0.717, 1.165) is 11.1 Å². The number of carbonyl (C=O) groups is 2. The van der Waals surface area contributed by atoms with Crippen LogP contribution in [0, 0.1) is 11.3 Å². The zero-order chi connectivity index (χ0) is 33.1. The second-order valence-corrected chi connectivity index (χ2v) is 11.6. The Morgan fingerprint density at radius 1 is 1.00 bits per heavy atom. The third kappa shape index (κ3) is 9.47. The molecule has 2 amide bonds. The Morgan fingerprint density at radius 2 is 1.74 bits per heavy atom. The molecule has 0 saturated carbocycles. The SMILES string of the molecule is COc1cc(/C=N\NC(=O)[C@@H](Cc2ccccc2)NC(=O)[C@@H](C)Oc2ccc(Cl)cc2Cl)cc(Br)c1OCc1ccccc1C#N. The number of methoxy groups -OCH3 is 1. The number of rotatable bonds is 13. The van der Waals surface area contributed by atoms with Crippen molar-refractivity contribution in [3.63, 3.8) is 0 Å². The highest BCUT2D eigenvalue weighted by Crippen LogP contribution is 2.37. The molecule has 2 atom stereocenters. The van der Waals surface area contributed by atoms with E-state index >= 15 is 0 Å². The van der Waals surface area contributed by atoms with Gasteiger partial charge in [0, 0.05) is 17.0 Å². The number of carbonyl (C=O) groups excluding carboxylic acids is 2. The minimum absolute atomic E-state index is 0.160. The van der Waals surface area contributed by atoms with Crippen LogP contribution in [0.3, 0.4) is 0 Å². The second kappa shape index (κ2) is 16.7. The number of ether oxygens (including phenoxy) is 3. The highest BCUT2D eigenvalue weighted by atomic mass is 79.9. The average molecular weight is 724 g/mol. The number of nitrogens with zero attached hydrogens (tertiary/aromatic N) is 2. The molecule has 9 nitrogen and oxygen atoms in total. The normalized spacial score (nSPS) is 12.1. The fourth-order valence-electron chi connectivity index (χ4n) is 4.27. The summed E-state index contributed by atoms with van der Waals surface area (Å²) in [6.07, 6.45) is 0.686. The predicted octanol–water partition coefficient (Wildman–Crippen LogP) is 6.86. The van der Waals surface area contributed by atoms with Crippen LogP contribution < -0.4 is 25.0 Å². The van der Waals surface area contributed by atoms with Gasteiger partial charge in [0.05, 0.1) is 34.5 Å². The topological polar surface area (TPSA) is 122 Å². The molecule has 4 aromatic carbocycles. The zero-order valence-corrected chi connectivity index (χ0v) is 27.9. The monoisotopic (exact) mass is 722 g/mol. The van der Waals surface area contributed by atoms with Crippen molar-refractivity contribution in [2.75, 3.05) is 7.11 Å². The lowest BCUT2D eigenvalue weighted by Crippen LogP contribution is -2.50. The Morgan fingerprint density at radius 3 is 2.46 bits per heavy atom. The molecule has 0 unspecified atom stereocenters. The van der Waals surface area contributed by atoms with Crippen LogP contribution in [-0.4, -0.2) is 37.3 Å². The van der Waals surface area contributed by atoms with E-state index in [2.05, 4.69) is 37.8 Å². The summed E-state index contributed by atoms with van der Waals surface area (Å²) >= 11 is 15.6. The smallest absolute Gasteiger partial charge is 0.262 e. The standard InChI is InChI=1S/C34H29BrCl2N4O5/c1-21(46-30-13-12-26(36)17-28(30)37)33(42)40-29(15-22-8-4-3-5-9-22)34(43)41-39-19-23-14-27(35)32(31(16-23)44-2)45-20-25-11-7-6-10-24(25)18-38/h3-14,16-17,19,21,29H,15,20H2,1-2H3,(H,40,42)(H,41,43)/b39-19-/t21-,29-/m1/s1. The van der Waals surface area contributed by atoms with Gasteiger partial charge in [0.15, 0.2) is 17.6 Å². The highest BCUT2D eigenvalue weighted by molar-refractivity contribution is 9.10. The van der Waals surface area contributed by atoms with E-state index < -0.39 is 24.0 Å². The number of hydrogen-bond donors (Lipinski definition) is 2. The molecule has 0 saturated heterocycles. The van der Waals surface area contributed by atoms with Crippen LogP contribution in [0.4, 0.5) is 0 Å². The summed E-state index contributed by atoms with van der Waals surface area (Å²) in [5.41, 5.74) is 5.20. The van der Waals surface area contributed by atoms with E-state index in [0.29, 0.717) is 32.1 Å². The van der Waals surface area contributed by atoms with Gasteiger partial charge in [-0.2, -0.15) is 10.4 Å². The van der Waals surface area contributed by atoms with Gasteiger partial charge in [0.1, 0.15) is 18.4 Å². The van der Waals surface area contributed by atoms with Crippen LogP contribution in [0.5, 0.6) is 17.2 Å². The summed E-state index contributed by atoms with van der Waals surface area (Å²) < 4.78 is 17.8. The van der Waals surface area contributed by atoms with Gasteiger partial charge in [-0.15, -0.1) is 0 Å². The Labute approximate surface area is 285 Å². The maximum Gasteiger partial charge on any atom is 0.262 e. The first-order valence-corrected chi connectivity index (χ1v) is 15.5. The van der Waals surface area contributed by atoms with Crippen LogP contribution in [0.2, 0.25) is 10.0 Å². The second-order valence-electron chi connectivity index (χ2n) is 9.91. The third-order valence-corrected chi connectivity index (χ3v) is 7.75. The fraction of sp³-hybridized carbons (Fsp3) is 0.176. The van der Waals surface area contributed by atoms with Crippen molar-refractivity contribution in [1.29, 1.82) is 5.26 Å². The van der Waals surface area contributed by atoms with Crippen LogP contribution in [0.15, 0.2) is 94.5 Å². The van der Waals surface area contributed by atoms with Crippen molar-refractivity contribution in [2.45, 2.75) is 32.1 Å². The largest absolute Gasteiger partial charge is 0.493 e. The molecule has 12 heteroatoms. The molecule has 0 radical (unpaired) electrons. The van der Waals surface area contributed by atoms with Crippen LogP contribution in [0.25, 0.3) is 0 Å². The van der Waals surface area contributed by atoms with Crippen LogP contribution in [-0.2, 0) is 22.6 Å². The molecule has 236 valence electrons. The molecule has 4 aromatic rings. The number of benzene rings is 4. The molecular weight excluding hydrogens is 695 g/mol. The number of nitriles is 1. The van der Waals surface area contributed by atoms with Crippen molar-refractivity contribution >= 4 is 57.2 Å². The lowest BCUT2D eigenvalue weighted by atomic mass is 10.1. The summed E-state index contributed by atoms with van der Waals surface area (Å²) in [6.45, 7) is 1.71. The summed E-state index contributed by atoms with van der Waals surface area (Å²) in [5, 5.41) is 16.9. The first kappa shape index (κ1) is 34.3. The highest BCUT2D eigenvalue weighted by Gasteiger charge is 2.25. The lowest BCUT2D eigenvalue weighted by molar-refractivity contribution is -0.132. The van der Waals surface area contributed by atoms with E-state index in [1.807, 2.05) is 42.5 Å². The molecule has 0 aliphatic carbocycles. The van der Waals surface area contributed by atoms with E-state index in [4.69, 9.17) is 37.4 Å². The maximum absolute atomic E-state index is 13.3. The quantitative estimate of drug-likeness (QED) is 0.115. The Kier molecular flexibility index (Phi) is 12.4. The summed E-state index contributed by atoms with van der Waals surface area (Å²) in [6, 6.07) is 25.7. The van der Waals surface area contributed by atoms with Crippen LogP contribution in [0.1, 0.15) is 29.2 Å². The molecule has 2 N–H and O–H groups in total. The molecule has 4 rings (SSSR count). The third-order valence-electron chi connectivity index (χ3n) is 6.63. The molecule has 0 aliphatic heterocycles. The number of halogens is 3. The Hall–Kier alpha value is -4.56. The van der Waals surface area contributed by atoms with Gasteiger partial charge in [-0.25, -0.2) is 5.43 Å². The first-order chi connectivity index (χ1) is 22.2. The minimum Gasteiger partial charge on any atom is -0.493 e. The van der Waals surface area contributed by atoms with E-state index in [1.165, 1.54) is 19.4 Å². The molecule has 0 spiro atoms. The lowest BCUT2D eigenvalue weighted by Gasteiger charge is -2.21. The Bertz CT molecular complexity index is 1760. The van der Waals surface area contributed by atoms with Crippen molar-refractivity contribution in [3.8, 4) is 23.3 Å². The van der Waals surface area contributed by atoms with E-state index in [-0.39, 0.29) is 23.8 Å². The van der Waals surface area contributed by atoms with Crippen LogP contribution >= 0.6 is 39.1 Å². The minimum atomic E-state index is -0.966. The van der Waals surface area contributed by atoms with Crippen molar-refractivity contribution in [3.05, 3.63) is 122 Å². The van der Waals surface area contributed by atoms with Gasteiger partial charge >= 0.3 is 0 Å². The number of hydrazone groups is 1. The van der Waals surface area contributed by atoms with Gasteiger partial charge in [-0.3, -0.25) is 9.59 Å². The van der Waals surface area contributed by atoms with Gasteiger partial charge < -0.3 is 19.5 Å². The van der Waals surface area contributed by atoms with E-state index in [1.54, 1.807) is 43.3 Å². The average Bonchev–Trinajstić information content (AvgIpc) is 3.05. The van der Waals surface area contributed by atoms with Crippen molar-refractivity contribution < 1.29 is 23.8 Å². The van der Waals surface area contributed by atoms with Gasteiger partial charge in [0.2, 0.25) is 0 Å². The molecule has 0 heterocycles. The van der Waals surface area contributed by atoms with Gasteiger partial charge in [0.25, 0.3) is 11.8 Å². The summed E-state index contributed by atoms with van der Waals surface area (Å²) in [5.74, 6) is 0.0892. The first-order valence-electron chi connectivity index (χ1n) is 14.0. The van der Waals surface area contributed by atoms with Crippen molar-refractivity contribution in [1.82, 2.24) is 10.7 Å². The molecule has 0 aromatic heterocycles. The molecular formula is C34H29BrCl2N4O5. The summed E-state index contributed by atoms with van der Waals surface area (Å²) in [4.78, 5) is 26.3. The van der Waals surface area contributed by atoms with Gasteiger partial charge in [-0.1, -0.05) is 71.7 Å². The number of amides is 2. The predicted molar refractivity (Wildman–Crippen MR) is 181 cm³/mol. The van der Waals surface area contributed by atoms with Crippen molar-refractivity contribution in [2.24, 2.45) is 5.10 Å². The number of hydrogen-bond acceptors (Lipinski definition) is 7. The molecule has 0 fully saturated rings.